The van der Waals surface area contributed by atoms with Crippen molar-refractivity contribution < 1.29 is 13.2 Å². The summed E-state index contributed by atoms with van der Waals surface area (Å²) in [5.74, 6) is -0.0402. The highest BCUT2D eigenvalue weighted by Crippen LogP contribution is 2.19. The maximum Gasteiger partial charge on any atom is 0.241 e. The molecule has 0 saturated heterocycles. The third kappa shape index (κ3) is 3.73. The second-order valence-electron chi connectivity index (χ2n) is 4.39. The average molecular weight is 270 g/mol. The van der Waals surface area contributed by atoms with E-state index in [-0.39, 0.29) is 17.3 Å². The van der Waals surface area contributed by atoms with Crippen LogP contribution in [0.25, 0.3) is 0 Å². The molecule has 1 amide bonds. The van der Waals surface area contributed by atoms with E-state index in [1.165, 1.54) is 17.2 Å². The maximum atomic E-state index is 11.4. The number of aryl methyl sites for hydroxylation is 1. The summed E-state index contributed by atoms with van der Waals surface area (Å²) in [6, 6.07) is 4.80. The van der Waals surface area contributed by atoms with E-state index in [9.17, 15) is 13.2 Å². The van der Waals surface area contributed by atoms with Gasteiger partial charge < -0.3 is 10.2 Å². The van der Waals surface area contributed by atoms with Gasteiger partial charge in [-0.2, -0.15) is 0 Å². The van der Waals surface area contributed by atoms with Gasteiger partial charge in [0.15, 0.2) is 9.84 Å². The van der Waals surface area contributed by atoms with E-state index in [0.29, 0.717) is 0 Å². The molecule has 0 aliphatic rings. The van der Waals surface area contributed by atoms with Crippen LogP contribution in [0.15, 0.2) is 23.1 Å². The Morgan fingerprint density at radius 3 is 2.39 bits per heavy atom. The molecule has 1 aromatic rings. The van der Waals surface area contributed by atoms with E-state index < -0.39 is 9.84 Å². The van der Waals surface area contributed by atoms with Gasteiger partial charge in [0.1, 0.15) is 0 Å². The highest BCUT2D eigenvalue weighted by molar-refractivity contribution is 7.90. The number of carbonyl (C=O) groups is 1. The molecule has 0 heterocycles. The van der Waals surface area contributed by atoms with Gasteiger partial charge in [0.2, 0.25) is 5.91 Å². The molecule has 0 bridgehead atoms. The Labute approximate surface area is 108 Å². The standard InChI is InChI=1S/C12H18N2O3S/c1-9-7-10(18(4,16)17)5-6-11(9)13-8-12(15)14(2)3/h5-7,13H,8H2,1-4H3. The van der Waals surface area contributed by atoms with Crippen molar-refractivity contribution in [3.8, 4) is 0 Å². The van der Waals surface area contributed by atoms with Crippen LogP contribution in [0, 0.1) is 6.92 Å². The lowest BCUT2D eigenvalue weighted by molar-refractivity contribution is -0.126. The summed E-state index contributed by atoms with van der Waals surface area (Å²) in [7, 11) is 0.179. The Morgan fingerprint density at radius 1 is 1.33 bits per heavy atom. The Morgan fingerprint density at radius 2 is 1.94 bits per heavy atom. The predicted molar refractivity (Wildman–Crippen MR) is 71.5 cm³/mol. The first kappa shape index (κ1) is 14.5. The number of amides is 1. The molecular formula is C12H18N2O3S. The summed E-state index contributed by atoms with van der Waals surface area (Å²) in [6.07, 6.45) is 1.17. The molecule has 0 fully saturated rings. The molecule has 0 radical (unpaired) electrons. The van der Waals surface area contributed by atoms with Crippen LogP contribution >= 0.6 is 0 Å². The smallest absolute Gasteiger partial charge is 0.241 e. The first-order chi connectivity index (χ1) is 8.21. The van der Waals surface area contributed by atoms with Crippen molar-refractivity contribution in [3.05, 3.63) is 23.8 Å². The lowest BCUT2D eigenvalue weighted by Gasteiger charge is -2.13. The van der Waals surface area contributed by atoms with Crippen molar-refractivity contribution in [1.82, 2.24) is 4.90 Å². The first-order valence-corrected chi connectivity index (χ1v) is 7.35. The molecule has 0 atom stereocenters. The molecule has 100 valence electrons. The summed E-state index contributed by atoms with van der Waals surface area (Å²) < 4.78 is 22.7. The maximum absolute atomic E-state index is 11.4. The van der Waals surface area contributed by atoms with E-state index in [1.54, 1.807) is 33.2 Å². The predicted octanol–water partition coefficient (Wildman–Crippen LogP) is 0.899. The fourth-order valence-electron chi connectivity index (χ4n) is 1.39. The van der Waals surface area contributed by atoms with Crippen molar-refractivity contribution in [2.45, 2.75) is 11.8 Å². The van der Waals surface area contributed by atoms with Crippen LogP contribution in [-0.2, 0) is 14.6 Å². The number of nitrogens with zero attached hydrogens (tertiary/aromatic N) is 1. The highest BCUT2D eigenvalue weighted by Gasteiger charge is 2.10. The van der Waals surface area contributed by atoms with Gasteiger partial charge in [-0.05, 0) is 30.7 Å². The minimum atomic E-state index is -3.19. The number of carbonyl (C=O) groups excluding carboxylic acids is 1. The van der Waals surface area contributed by atoms with Crippen LogP contribution in [0.3, 0.4) is 0 Å². The Kier molecular flexibility index (Phi) is 4.34. The minimum Gasteiger partial charge on any atom is -0.376 e. The summed E-state index contributed by atoms with van der Waals surface area (Å²) in [6.45, 7) is 1.99. The lowest BCUT2D eigenvalue weighted by atomic mass is 10.2. The van der Waals surface area contributed by atoms with Gasteiger partial charge in [0.25, 0.3) is 0 Å². The van der Waals surface area contributed by atoms with Crippen molar-refractivity contribution in [1.29, 1.82) is 0 Å². The molecule has 0 spiro atoms. The van der Waals surface area contributed by atoms with E-state index in [1.807, 2.05) is 0 Å². The fourth-order valence-corrected chi connectivity index (χ4v) is 2.10. The Bertz CT molecular complexity index is 550. The van der Waals surface area contributed by atoms with E-state index in [4.69, 9.17) is 0 Å². The number of rotatable bonds is 4. The molecule has 0 aliphatic heterocycles. The highest BCUT2D eigenvalue weighted by atomic mass is 32.2. The molecule has 18 heavy (non-hydrogen) atoms. The van der Waals surface area contributed by atoms with E-state index in [0.717, 1.165) is 11.3 Å². The molecular weight excluding hydrogens is 252 g/mol. The zero-order valence-corrected chi connectivity index (χ0v) is 11.8. The third-order valence-electron chi connectivity index (χ3n) is 2.55. The van der Waals surface area contributed by atoms with Crippen molar-refractivity contribution in [2.75, 3.05) is 32.2 Å². The fraction of sp³-hybridized carbons (Fsp3) is 0.417. The monoisotopic (exact) mass is 270 g/mol. The quantitative estimate of drug-likeness (QED) is 0.882. The van der Waals surface area contributed by atoms with Gasteiger partial charge in [0, 0.05) is 26.0 Å². The average Bonchev–Trinajstić information content (AvgIpc) is 2.25. The number of nitrogens with one attached hydrogen (secondary N) is 1. The normalized spacial score (nSPS) is 11.1. The molecule has 0 aromatic heterocycles. The molecule has 1 rings (SSSR count). The molecule has 1 aromatic carbocycles. The zero-order valence-electron chi connectivity index (χ0n) is 11.0. The van der Waals surface area contributed by atoms with Crippen LogP contribution in [0.2, 0.25) is 0 Å². The molecule has 0 saturated carbocycles. The van der Waals surface area contributed by atoms with Crippen LogP contribution in [0.4, 0.5) is 5.69 Å². The summed E-state index contributed by atoms with van der Waals surface area (Å²) >= 11 is 0. The Balaban J connectivity index is 2.84. The molecule has 1 N–H and O–H groups in total. The molecule has 6 heteroatoms. The number of hydrogen-bond donors (Lipinski definition) is 1. The number of anilines is 1. The van der Waals surface area contributed by atoms with Crippen LogP contribution in [-0.4, -0.2) is 46.1 Å². The van der Waals surface area contributed by atoms with Crippen LogP contribution in [0.5, 0.6) is 0 Å². The molecule has 0 aliphatic carbocycles. The van der Waals surface area contributed by atoms with Crippen LogP contribution in [0.1, 0.15) is 5.56 Å². The van der Waals surface area contributed by atoms with Gasteiger partial charge >= 0.3 is 0 Å². The molecule has 0 unspecified atom stereocenters. The molecule has 5 nitrogen and oxygen atoms in total. The number of sulfone groups is 1. The van der Waals surface area contributed by atoms with Gasteiger partial charge in [-0.15, -0.1) is 0 Å². The number of likely N-dealkylation sites (N-methyl/N-ethyl adjacent to an activating group) is 1. The van der Waals surface area contributed by atoms with Gasteiger partial charge in [-0.3, -0.25) is 4.79 Å². The van der Waals surface area contributed by atoms with Gasteiger partial charge in [-0.25, -0.2) is 8.42 Å². The second kappa shape index (κ2) is 5.39. The van der Waals surface area contributed by atoms with Crippen molar-refractivity contribution in [3.63, 3.8) is 0 Å². The second-order valence-corrected chi connectivity index (χ2v) is 6.41. The number of benzene rings is 1. The number of hydrogen-bond acceptors (Lipinski definition) is 4. The third-order valence-corrected chi connectivity index (χ3v) is 3.67. The van der Waals surface area contributed by atoms with Crippen LogP contribution < -0.4 is 5.32 Å². The summed E-state index contributed by atoms with van der Waals surface area (Å²) in [4.78, 5) is 13.2. The zero-order chi connectivity index (χ0) is 13.9. The largest absolute Gasteiger partial charge is 0.376 e. The Hall–Kier alpha value is -1.56. The van der Waals surface area contributed by atoms with E-state index >= 15 is 0 Å². The first-order valence-electron chi connectivity index (χ1n) is 5.46. The van der Waals surface area contributed by atoms with Crippen molar-refractivity contribution in [2.24, 2.45) is 0 Å². The summed E-state index contributed by atoms with van der Waals surface area (Å²) in [5, 5.41) is 2.99. The summed E-state index contributed by atoms with van der Waals surface area (Å²) in [5.41, 5.74) is 1.56. The topological polar surface area (TPSA) is 66.5 Å². The van der Waals surface area contributed by atoms with Crippen molar-refractivity contribution >= 4 is 21.4 Å². The lowest BCUT2D eigenvalue weighted by Crippen LogP contribution is -2.28. The van der Waals surface area contributed by atoms with E-state index in [2.05, 4.69) is 5.32 Å². The van der Waals surface area contributed by atoms with Gasteiger partial charge in [0.05, 0.1) is 11.4 Å². The van der Waals surface area contributed by atoms with Gasteiger partial charge in [-0.1, -0.05) is 0 Å². The minimum absolute atomic E-state index is 0.0402. The SMILES string of the molecule is Cc1cc(S(C)(=O)=O)ccc1NCC(=O)N(C)C.